The Labute approximate surface area is 215 Å². The monoisotopic (exact) mass is 519 g/mol. The SMILES string of the molecule is COc1cc(/C=N\NC(=O)c2cc3cc([N+](=O)[O-])cc(OC)c3o2)ccc1OCc1ccc(C(=O)O)cc1. The van der Waals surface area contributed by atoms with Gasteiger partial charge in [-0.3, -0.25) is 14.9 Å². The van der Waals surface area contributed by atoms with Crippen LogP contribution in [0, 0.1) is 10.1 Å². The first-order chi connectivity index (χ1) is 18.3. The fourth-order valence-corrected chi connectivity index (χ4v) is 3.48. The molecule has 1 aromatic heterocycles. The molecule has 1 amide bonds. The van der Waals surface area contributed by atoms with Crippen molar-refractivity contribution in [2.75, 3.05) is 14.2 Å². The lowest BCUT2D eigenvalue weighted by atomic mass is 10.1. The van der Waals surface area contributed by atoms with Crippen molar-refractivity contribution in [2.24, 2.45) is 5.10 Å². The summed E-state index contributed by atoms with van der Waals surface area (Å²) >= 11 is 0. The Morgan fingerprint density at radius 3 is 2.42 bits per heavy atom. The number of carbonyl (C=O) groups excluding carboxylic acids is 1. The lowest BCUT2D eigenvalue weighted by Crippen LogP contribution is -2.16. The summed E-state index contributed by atoms with van der Waals surface area (Å²) in [6, 6.07) is 15.2. The summed E-state index contributed by atoms with van der Waals surface area (Å²) in [5, 5.41) is 24.4. The molecule has 0 atom stereocenters. The molecule has 3 aromatic carbocycles. The highest BCUT2D eigenvalue weighted by Crippen LogP contribution is 2.33. The molecule has 4 aromatic rings. The van der Waals surface area contributed by atoms with Crippen LogP contribution in [-0.2, 0) is 6.61 Å². The Morgan fingerprint density at radius 1 is 1.03 bits per heavy atom. The molecule has 0 fully saturated rings. The number of fused-ring (bicyclic) bond motifs is 1. The van der Waals surface area contributed by atoms with E-state index < -0.39 is 16.8 Å². The average molecular weight is 519 g/mol. The lowest BCUT2D eigenvalue weighted by molar-refractivity contribution is -0.384. The first-order valence-corrected chi connectivity index (χ1v) is 11.0. The molecule has 0 bridgehead atoms. The van der Waals surface area contributed by atoms with E-state index in [1.807, 2.05) is 0 Å². The van der Waals surface area contributed by atoms with E-state index in [2.05, 4.69) is 10.5 Å². The van der Waals surface area contributed by atoms with Gasteiger partial charge in [-0.05, 0) is 47.5 Å². The zero-order valence-corrected chi connectivity index (χ0v) is 20.2. The van der Waals surface area contributed by atoms with E-state index in [0.29, 0.717) is 22.4 Å². The van der Waals surface area contributed by atoms with Crippen molar-refractivity contribution in [1.29, 1.82) is 0 Å². The number of hydrazone groups is 1. The number of nitro benzene ring substituents is 1. The van der Waals surface area contributed by atoms with E-state index >= 15 is 0 Å². The minimum atomic E-state index is -1.00. The topological polar surface area (TPSA) is 163 Å². The Kier molecular flexibility index (Phi) is 7.52. The maximum absolute atomic E-state index is 12.5. The Hall–Kier alpha value is -5.39. The molecular formula is C26H21N3O9. The van der Waals surface area contributed by atoms with Gasteiger partial charge >= 0.3 is 11.9 Å². The first-order valence-electron chi connectivity index (χ1n) is 11.0. The van der Waals surface area contributed by atoms with Crippen LogP contribution in [0.2, 0.25) is 0 Å². The molecule has 4 rings (SSSR count). The second kappa shape index (κ2) is 11.1. The van der Waals surface area contributed by atoms with Crippen LogP contribution in [-0.4, -0.2) is 42.3 Å². The van der Waals surface area contributed by atoms with Crippen LogP contribution < -0.4 is 19.6 Å². The largest absolute Gasteiger partial charge is 0.493 e. The molecular weight excluding hydrogens is 498 g/mol. The van der Waals surface area contributed by atoms with Crippen molar-refractivity contribution < 1.29 is 38.2 Å². The van der Waals surface area contributed by atoms with E-state index in [0.717, 1.165) is 5.56 Å². The number of furan rings is 1. The van der Waals surface area contributed by atoms with E-state index in [4.69, 9.17) is 23.7 Å². The van der Waals surface area contributed by atoms with Crippen LogP contribution in [0.4, 0.5) is 5.69 Å². The quantitative estimate of drug-likeness (QED) is 0.176. The number of nitrogens with zero attached hydrogens (tertiary/aromatic N) is 2. The number of hydrogen-bond donors (Lipinski definition) is 2. The molecule has 0 saturated carbocycles. The highest BCUT2D eigenvalue weighted by Gasteiger charge is 2.19. The van der Waals surface area contributed by atoms with Crippen molar-refractivity contribution in [3.8, 4) is 17.2 Å². The van der Waals surface area contributed by atoms with Gasteiger partial charge in [0.25, 0.3) is 5.69 Å². The predicted octanol–water partition coefficient (Wildman–Crippen LogP) is 4.40. The van der Waals surface area contributed by atoms with Gasteiger partial charge in [-0.2, -0.15) is 5.10 Å². The van der Waals surface area contributed by atoms with Crippen molar-refractivity contribution in [3.05, 3.63) is 93.2 Å². The molecule has 0 aliphatic carbocycles. The summed E-state index contributed by atoms with van der Waals surface area (Å²) in [6.45, 7) is 0.200. The number of hydrogen-bond acceptors (Lipinski definition) is 9. The predicted molar refractivity (Wildman–Crippen MR) is 135 cm³/mol. The number of nitrogens with one attached hydrogen (secondary N) is 1. The van der Waals surface area contributed by atoms with Gasteiger partial charge in [0.15, 0.2) is 28.6 Å². The fraction of sp³-hybridized carbons (Fsp3) is 0.115. The average Bonchev–Trinajstić information content (AvgIpc) is 3.36. The second-order valence-corrected chi connectivity index (χ2v) is 7.83. The number of amides is 1. The summed E-state index contributed by atoms with van der Waals surface area (Å²) < 4.78 is 21.8. The van der Waals surface area contributed by atoms with Crippen molar-refractivity contribution >= 4 is 34.7 Å². The maximum atomic E-state index is 12.5. The minimum absolute atomic E-state index is 0.103. The van der Waals surface area contributed by atoms with Crippen LogP contribution in [0.1, 0.15) is 32.0 Å². The van der Waals surface area contributed by atoms with Crippen molar-refractivity contribution in [3.63, 3.8) is 0 Å². The molecule has 12 nitrogen and oxygen atoms in total. The Balaban J connectivity index is 1.42. The number of ether oxygens (including phenoxy) is 3. The van der Waals surface area contributed by atoms with Crippen LogP contribution in [0.25, 0.3) is 11.0 Å². The van der Waals surface area contributed by atoms with E-state index in [9.17, 15) is 19.7 Å². The van der Waals surface area contributed by atoms with E-state index in [-0.39, 0.29) is 35.0 Å². The van der Waals surface area contributed by atoms with Crippen LogP contribution in [0.5, 0.6) is 17.2 Å². The van der Waals surface area contributed by atoms with Crippen LogP contribution >= 0.6 is 0 Å². The molecule has 0 aliphatic rings. The van der Waals surface area contributed by atoms with Crippen molar-refractivity contribution in [2.45, 2.75) is 6.61 Å². The summed E-state index contributed by atoms with van der Waals surface area (Å²) in [7, 11) is 2.82. The van der Waals surface area contributed by atoms with Gasteiger partial charge in [-0.25, -0.2) is 10.2 Å². The number of aromatic carboxylic acids is 1. The first kappa shape index (κ1) is 25.7. The molecule has 12 heteroatoms. The third-order valence-corrected chi connectivity index (χ3v) is 5.38. The number of carbonyl (C=O) groups is 2. The van der Waals surface area contributed by atoms with Crippen molar-refractivity contribution in [1.82, 2.24) is 5.43 Å². The van der Waals surface area contributed by atoms with Gasteiger partial charge in [0.2, 0.25) is 0 Å². The van der Waals surface area contributed by atoms with Gasteiger partial charge in [-0.1, -0.05) is 12.1 Å². The van der Waals surface area contributed by atoms with Gasteiger partial charge in [0.1, 0.15) is 6.61 Å². The normalized spacial score (nSPS) is 10.9. The number of nitro groups is 1. The number of benzene rings is 3. The molecule has 0 unspecified atom stereocenters. The summed E-state index contributed by atoms with van der Waals surface area (Å²) in [5.41, 5.74) is 3.91. The molecule has 0 radical (unpaired) electrons. The molecule has 0 aliphatic heterocycles. The Morgan fingerprint density at radius 2 is 1.76 bits per heavy atom. The number of carboxylic acids is 1. The summed E-state index contributed by atoms with van der Waals surface area (Å²) in [6.07, 6.45) is 1.39. The highest BCUT2D eigenvalue weighted by molar-refractivity contribution is 5.98. The molecule has 1 heterocycles. The number of methoxy groups -OCH3 is 2. The lowest BCUT2D eigenvalue weighted by Gasteiger charge is -2.11. The van der Waals surface area contributed by atoms with Gasteiger partial charge in [0.05, 0.1) is 37.0 Å². The van der Waals surface area contributed by atoms with Gasteiger partial charge in [0, 0.05) is 11.5 Å². The molecule has 0 spiro atoms. The minimum Gasteiger partial charge on any atom is -0.493 e. The van der Waals surface area contributed by atoms with Gasteiger partial charge < -0.3 is 23.7 Å². The Bertz CT molecular complexity index is 1540. The molecule has 194 valence electrons. The molecule has 2 N–H and O–H groups in total. The molecule has 0 saturated heterocycles. The number of non-ortho nitro benzene ring substituents is 1. The van der Waals surface area contributed by atoms with Crippen LogP contribution in [0.3, 0.4) is 0 Å². The summed E-state index contributed by atoms with van der Waals surface area (Å²) in [5.74, 6) is -0.758. The smallest absolute Gasteiger partial charge is 0.335 e. The number of rotatable bonds is 10. The second-order valence-electron chi connectivity index (χ2n) is 7.83. The third-order valence-electron chi connectivity index (χ3n) is 5.38. The zero-order valence-electron chi connectivity index (χ0n) is 20.2. The number of carboxylic acid groups (broad SMARTS) is 1. The fourth-order valence-electron chi connectivity index (χ4n) is 3.48. The highest BCUT2D eigenvalue weighted by atomic mass is 16.6. The third kappa shape index (κ3) is 5.70. The van der Waals surface area contributed by atoms with E-state index in [1.54, 1.807) is 30.3 Å². The summed E-state index contributed by atoms with van der Waals surface area (Å²) in [4.78, 5) is 34.0. The van der Waals surface area contributed by atoms with E-state index in [1.165, 1.54) is 50.8 Å². The maximum Gasteiger partial charge on any atom is 0.335 e. The van der Waals surface area contributed by atoms with Gasteiger partial charge in [-0.15, -0.1) is 0 Å². The van der Waals surface area contributed by atoms with Crippen LogP contribution in [0.15, 0.2) is 70.2 Å². The zero-order chi connectivity index (χ0) is 27.2. The standard InChI is InChI=1S/C26H21N3O9/c1-35-21-9-16(5-8-20(21)37-14-15-3-6-17(7-4-15)26(31)32)13-27-28-25(30)23-11-18-10-19(29(33)34)12-22(36-2)24(18)38-23/h3-13H,14H2,1-2H3,(H,28,30)(H,31,32)/b27-13-. The molecule has 38 heavy (non-hydrogen) atoms.